The molecule has 0 aliphatic heterocycles. The maximum absolute atomic E-state index is 5.73. The monoisotopic (exact) mass is 274 g/mol. The van der Waals surface area contributed by atoms with Gasteiger partial charge in [0.15, 0.2) is 5.75 Å². The van der Waals surface area contributed by atoms with Crippen molar-refractivity contribution in [3.8, 4) is 5.75 Å². The maximum atomic E-state index is 5.73. The molecule has 0 radical (unpaired) electrons. The van der Waals surface area contributed by atoms with Gasteiger partial charge in [0.25, 0.3) is 0 Å². The second kappa shape index (κ2) is 6.07. The number of benzene rings is 1. The molecule has 0 aliphatic rings. The van der Waals surface area contributed by atoms with Gasteiger partial charge in [0.05, 0.1) is 25.0 Å². The van der Waals surface area contributed by atoms with Gasteiger partial charge in [-0.25, -0.2) is 0 Å². The number of nitrogens with zero attached hydrogens (tertiary/aromatic N) is 2. The topological polar surface area (TPSA) is 65.1 Å². The molecule has 1 aromatic heterocycles. The zero-order valence-electron chi connectivity index (χ0n) is 12.5. The number of nitrogens with one attached hydrogen (secondary N) is 1. The molecule has 5 nitrogen and oxygen atoms in total. The molecule has 0 bridgehead atoms. The standard InChI is InChI=1S/C15H22N4O/c1-10-5-11(2)7-12(6-10)8-13(18-16)15-14(20-4)9-17-19(15)3/h5-7,9,13,18H,8,16H2,1-4H3. The molecule has 2 rings (SSSR count). The lowest BCUT2D eigenvalue weighted by molar-refractivity contribution is 0.394. The van der Waals surface area contributed by atoms with Gasteiger partial charge in [-0.05, 0) is 25.8 Å². The molecule has 3 N–H and O–H groups in total. The first-order chi connectivity index (χ1) is 9.55. The minimum Gasteiger partial charge on any atom is -0.493 e. The zero-order chi connectivity index (χ0) is 14.7. The predicted octanol–water partition coefficient (Wildman–Crippen LogP) is 1.79. The van der Waals surface area contributed by atoms with E-state index in [4.69, 9.17) is 10.6 Å². The number of ether oxygens (including phenoxy) is 1. The summed E-state index contributed by atoms with van der Waals surface area (Å²) < 4.78 is 7.15. The molecule has 108 valence electrons. The summed E-state index contributed by atoms with van der Waals surface area (Å²) in [5.74, 6) is 6.48. The zero-order valence-corrected chi connectivity index (χ0v) is 12.5. The number of hydrazine groups is 1. The van der Waals surface area contributed by atoms with E-state index in [0.29, 0.717) is 0 Å². The molecule has 0 saturated carbocycles. The Balaban J connectivity index is 2.31. The Morgan fingerprint density at radius 1 is 1.30 bits per heavy atom. The van der Waals surface area contributed by atoms with Gasteiger partial charge in [-0.1, -0.05) is 29.3 Å². The van der Waals surface area contributed by atoms with E-state index in [1.807, 2.05) is 7.05 Å². The van der Waals surface area contributed by atoms with E-state index >= 15 is 0 Å². The van der Waals surface area contributed by atoms with Gasteiger partial charge in [-0.2, -0.15) is 5.10 Å². The van der Waals surface area contributed by atoms with Crippen LogP contribution in [0.2, 0.25) is 0 Å². The van der Waals surface area contributed by atoms with E-state index in [1.54, 1.807) is 18.0 Å². The van der Waals surface area contributed by atoms with Gasteiger partial charge in [-0.3, -0.25) is 16.0 Å². The average molecular weight is 274 g/mol. The number of rotatable bonds is 5. The van der Waals surface area contributed by atoms with Gasteiger partial charge in [-0.15, -0.1) is 0 Å². The summed E-state index contributed by atoms with van der Waals surface area (Å²) in [5, 5.41) is 4.23. The predicted molar refractivity (Wildman–Crippen MR) is 79.4 cm³/mol. The van der Waals surface area contributed by atoms with Gasteiger partial charge >= 0.3 is 0 Å². The minimum absolute atomic E-state index is 0.0429. The summed E-state index contributed by atoms with van der Waals surface area (Å²) in [4.78, 5) is 0. The quantitative estimate of drug-likeness (QED) is 0.644. The third-order valence-corrected chi connectivity index (χ3v) is 3.42. The highest BCUT2D eigenvalue weighted by Crippen LogP contribution is 2.27. The number of hydrogen-bond acceptors (Lipinski definition) is 4. The maximum Gasteiger partial charge on any atom is 0.161 e. The van der Waals surface area contributed by atoms with Crippen LogP contribution >= 0.6 is 0 Å². The third-order valence-electron chi connectivity index (χ3n) is 3.42. The van der Waals surface area contributed by atoms with Crippen LogP contribution in [0, 0.1) is 13.8 Å². The van der Waals surface area contributed by atoms with E-state index in [1.165, 1.54) is 16.7 Å². The molecule has 20 heavy (non-hydrogen) atoms. The van der Waals surface area contributed by atoms with Crippen molar-refractivity contribution in [2.75, 3.05) is 7.11 Å². The second-order valence-corrected chi connectivity index (χ2v) is 5.14. The summed E-state index contributed by atoms with van der Waals surface area (Å²) in [7, 11) is 3.54. The largest absolute Gasteiger partial charge is 0.493 e. The van der Waals surface area contributed by atoms with Gasteiger partial charge < -0.3 is 4.74 Å². The van der Waals surface area contributed by atoms with Gasteiger partial charge in [0, 0.05) is 7.05 Å². The van der Waals surface area contributed by atoms with Crippen LogP contribution in [-0.2, 0) is 13.5 Å². The first kappa shape index (κ1) is 14.6. The molecule has 5 heteroatoms. The minimum atomic E-state index is -0.0429. The molecular weight excluding hydrogens is 252 g/mol. The summed E-state index contributed by atoms with van der Waals surface area (Å²) in [6.45, 7) is 4.21. The highest BCUT2D eigenvalue weighted by Gasteiger charge is 2.20. The normalized spacial score (nSPS) is 12.4. The van der Waals surface area contributed by atoms with Crippen LogP contribution in [0.25, 0.3) is 0 Å². The van der Waals surface area contributed by atoms with Crippen LogP contribution < -0.4 is 16.0 Å². The molecule has 1 heterocycles. The first-order valence-electron chi connectivity index (χ1n) is 6.64. The number of methoxy groups -OCH3 is 1. The number of hydrogen-bond donors (Lipinski definition) is 2. The molecule has 0 aliphatic carbocycles. The van der Waals surface area contributed by atoms with E-state index in [0.717, 1.165) is 17.9 Å². The van der Waals surface area contributed by atoms with E-state index in [9.17, 15) is 0 Å². The summed E-state index contributed by atoms with van der Waals surface area (Å²) in [6.07, 6.45) is 2.50. The van der Waals surface area contributed by atoms with Crippen molar-refractivity contribution in [2.45, 2.75) is 26.3 Å². The molecule has 1 unspecified atom stereocenters. The molecule has 2 aromatic rings. The van der Waals surface area contributed by atoms with Crippen molar-refractivity contribution in [2.24, 2.45) is 12.9 Å². The lowest BCUT2D eigenvalue weighted by Crippen LogP contribution is -2.31. The van der Waals surface area contributed by atoms with Gasteiger partial charge in [0.1, 0.15) is 0 Å². The Kier molecular flexibility index (Phi) is 4.42. The highest BCUT2D eigenvalue weighted by molar-refractivity contribution is 5.33. The van der Waals surface area contributed by atoms with Crippen LogP contribution in [0.4, 0.5) is 0 Å². The summed E-state index contributed by atoms with van der Waals surface area (Å²) >= 11 is 0. The number of nitrogens with two attached hydrogens (primary N) is 1. The fourth-order valence-electron chi connectivity index (χ4n) is 2.64. The lowest BCUT2D eigenvalue weighted by atomic mass is 9.99. The fourth-order valence-corrected chi connectivity index (χ4v) is 2.64. The SMILES string of the molecule is COc1cnn(C)c1C(Cc1cc(C)cc(C)c1)NN. The molecule has 0 fully saturated rings. The van der Waals surface area contributed by atoms with Gasteiger partial charge in [0.2, 0.25) is 0 Å². The van der Waals surface area contributed by atoms with E-state index in [-0.39, 0.29) is 6.04 Å². The van der Waals surface area contributed by atoms with Crippen molar-refractivity contribution in [3.05, 3.63) is 46.8 Å². The molecular formula is C15H22N4O. The Labute approximate surface area is 119 Å². The molecule has 0 saturated heterocycles. The van der Waals surface area contributed by atoms with Crippen LogP contribution in [0.5, 0.6) is 5.75 Å². The van der Waals surface area contributed by atoms with Crippen LogP contribution in [0.3, 0.4) is 0 Å². The Hall–Kier alpha value is -1.85. The second-order valence-electron chi connectivity index (χ2n) is 5.14. The van der Waals surface area contributed by atoms with Crippen LogP contribution in [-0.4, -0.2) is 16.9 Å². The first-order valence-corrected chi connectivity index (χ1v) is 6.64. The molecule has 1 aromatic carbocycles. The molecule has 0 spiro atoms. The van der Waals surface area contributed by atoms with Crippen molar-refractivity contribution in [3.63, 3.8) is 0 Å². The van der Waals surface area contributed by atoms with Crippen molar-refractivity contribution >= 4 is 0 Å². The smallest absolute Gasteiger partial charge is 0.161 e. The van der Waals surface area contributed by atoms with Crippen molar-refractivity contribution in [1.29, 1.82) is 0 Å². The van der Waals surface area contributed by atoms with Crippen molar-refractivity contribution < 1.29 is 4.74 Å². The summed E-state index contributed by atoms with van der Waals surface area (Å²) in [5.41, 5.74) is 7.58. The fraction of sp³-hybridized carbons (Fsp3) is 0.400. The average Bonchev–Trinajstić information content (AvgIpc) is 2.76. The highest BCUT2D eigenvalue weighted by atomic mass is 16.5. The lowest BCUT2D eigenvalue weighted by Gasteiger charge is -2.18. The summed E-state index contributed by atoms with van der Waals surface area (Å²) in [6, 6.07) is 6.48. The number of aromatic nitrogens is 2. The van der Waals surface area contributed by atoms with Crippen LogP contribution in [0.1, 0.15) is 28.4 Å². The number of aryl methyl sites for hydroxylation is 3. The van der Waals surface area contributed by atoms with Crippen molar-refractivity contribution in [1.82, 2.24) is 15.2 Å². The Morgan fingerprint density at radius 3 is 2.50 bits per heavy atom. The van der Waals surface area contributed by atoms with Crippen LogP contribution in [0.15, 0.2) is 24.4 Å². The van der Waals surface area contributed by atoms with E-state index < -0.39 is 0 Å². The van der Waals surface area contributed by atoms with E-state index in [2.05, 4.69) is 42.6 Å². The Bertz CT molecular complexity index is 571. The third kappa shape index (κ3) is 3.00. The Morgan fingerprint density at radius 2 is 1.95 bits per heavy atom. The molecule has 0 amide bonds. The molecule has 1 atom stereocenters.